The lowest BCUT2D eigenvalue weighted by molar-refractivity contribution is -0.119. The number of rotatable bonds is 4. The van der Waals surface area contributed by atoms with Gasteiger partial charge in [0.05, 0.1) is 16.6 Å². The Morgan fingerprint density at radius 1 is 1.21 bits per heavy atom. The lowest BCUT2D eigenvalue weighted by atomic mass is 10.0. The second kappa shape index (κ2) is 7.33. The van der Waals surface area contributed by atoms with Crippen molar-refractivity contribution in [3.8, 4) is 11.1 Å². The summed E-state index contributed by atoms with van der Waals surface area (Å²) in [5, 5.41) is 5.73. The maximum absolute atomic E-state index is 12.9. The summed E-state index contributed by atoms with van der Waals surface area (Å²) in [4.78, 5) is 29.4. The van der Waals surface area contributed by atoms with Crippen LogP contribution in [0.15, 0.2) is 47.5 Å². The molecule has 148 valence electrons. The van der Waals surface area contributed by atoms with Gasteiger partial charge in [-0.15, -0.1) is 0 Å². The minimum Gasteiger partial charge on any atom is -0.273 e. The number of carbonyl (C=O) groups is 1. The van der Waals surface area contributed by atoms with Gasteiger partial charge in [0.15, 0.2) is 5.65 Å². The predicted octanol–water partition coefficient (Wildman–Crippen LogP) is 3.65. The van der Waals surface area contributed by atoms with Crippen LogP contribution in [0.2, 0.25) is 5.02 Å². The van der Waals surface area contributed by atoms with E-state index in [0.29, 0.717) is 28.0 Å². The largest absolute Gasteiger partial charge is 0.280 e. The van der Waals surface area contributed by atoms with Crippen LogP contribution in [0.25, 0.3) is 27.7 Å². The summed E-state index contributed by atoms with van der Waals surface area (Å²) in [6.07, 6.45) is 3.79. The first-order valence-electron chi connectivity index (χ1n) is 9.39. The third-order valence-electron chi connectivity index (χ3n) is 4.81. The van der Waals surface area contributed by atoms with Crippen molar-refractivity contribution in [2.75, 3.05) is 5.43 Å². The number of amides is 1. The van der Waals surface area contributed by atoms with Crippen LogP contribution in [0, 0.1) is 5.92 Å². The van der Waals surface area contributed by atoms with Gasteiger partial charge in [0.2, 0.25) is 5.91 Å². The number of benzene rings is 1. The molecule has 0 aliphatic rings. The number of hydrogen-bond donors (Lipinski definition) is 1. The number of pyridine rings is 1. The van der Waals surface area contributed by atoms with Crippen molar-refractivity contribution < 1.29 is 4.79 Å². The maximum Gasteiger partial charge on any atom is 0.280 e. The van der Waals surface area contributed by atoms with E-state index in [4.69, 9.17) is 16.7 Å². The summed E-state index contributed by atoms with van der Waals surface area (Å²) in [5.41, 5.74) is 6.31. The summed E-state index contributed by atoms with van der Waals surface area (Å²) in [5.74, 6) is -0.476. The highest BCUT2D eigenvalue weighted by atomic mass is 35.5. The Labute approximate surface area is 171 Å². The van der Waals surface area contributed by atoms with Gasteiger partial charge in [-0.05, 0) is 30.2 Å². The predicted molar refractivity (Wildman–Crippen MR) is 114 cm³/mol. The molecule has 0 spiro atoms. The zero-order chi connectivity index (χ0) is 20.7. The highest BCUT2D eigenvalue weighted by molar-refractivity contribution is 6.30. The maximum atomic E-state index is 12.9. The van der Waals surface area contributed by atoms with Crippen LogP contribution in [-0.2, 0) is 11.2 Å². The molecule has 1 aromatic carbocycles. The van der Waals surface area contributed by atoms with Crippen LogP contribution in [0.1, 0.15) is 26.5 Å². The zero-order valence-corrected chi connectivity index (χ0v) is 17.1. The summed E-state index contributed by atoms with van der Waals surface area (Å²) >= 11 is 6.03. The number of carbonyl (C=O) groups excluding carboxylic acids is 1. The third kappa shape index (κ3) is 3.27. The Morgan fingerprint density at radius 2 is 1.93 bits per heavy atom. The average molecular weight is 410 g/mol. The van der Waals surface area contributed by atoms with E-state index in [1.165, 1.54) is 10.9 Å². The summed E-state index contributed by atoms with van der Waals surface area (Å²) in [6, 6.07) is 9.28. The first-order valence-corrected chi connectivity index (χ1v) is 9.77. The Morgan fingerprint density at radius 3 is 2.59 bits per heavy atom. The van der Waals surface area contributed by atoms with Crippen LogP contribution in [-0.4, -0.2) is 25.2 Å². The van der Waals surface area contributed by atoms with Crippen LogP contribution in [0.3, 0.4) is 0 Å². The van der Waals surface area contributed by atoms with Gasteiger partial charge in [-0.3, -0.25) is 15.0 Å². The number of nitrogens with zero attached hydrogens (tertiary/aromatic N) is 4. The van der Waals surface area contributed by atoms with E-state index < -0.39 is 0 Å². The van der Waals surface area contributed by atoms with Crippen molar-refractivity contribution in [1.82, 2.24) is 19.3 Å². The van der Waals surface area contributed by atoms with Gasteiger partial charge in [-0.2, -0.15) is 5.10 Å². The van der Waals surface area contributed by atoms with Gasteiger partial charge >= 0.3 is 0 Å². The molecular weight excluding hydrogens is 390 g/mol. The minimum atomic E-state index is -0.354. The lowest BCUT2D eigenvalue weighted by Gasteiger charge is -2.11. The molecule has 3 heterocycles. The molecule has 0 radical (unpaired) electrons. The normalized spacial score (nSPS) is 11.5. The van der Waals surface area contributed by atoms with Crippen LogP contribution >= 0.6 is 11.6 Å². The Balaban J connectivity index is 1.93. The fraction of sp³-hybridized carbons (Fsp3) is 0.238. The SMILES string of the molecule is CCc1nn2c(ncc3c(=O)n(NC(=O)C(C)C)ccc32)c1-c1ccc(Cl)cc1. The third-order valence-corrected chi connectivity index (χ3v) is 5.06. The molecule has 0 saturated carbocycles. The number of aromatic nitrogens is 4. The minimum absolute atomic E-state index is 0.238. The van der Waals surface area contributed by atoms with Gasteiger partial charge in [-0.1, -0.05) is 44.5 Å². The van der Waals surface area contributed by atoms with Crippen molar-refractivity contribution in [3.63, 3.8) is 0 Å². The molecule has 4 rings (SSSR count). The molecule has 0 unspecified atom stereocenters. The van der Waals surface area contributed by atoms with E-state index in [1.54, 1.807) is 30.6 Å². The quantitative estimate of drug-likeness (QED) is 0.557. The van der Waals surface area contributed by atoms with Crippen LogP contribution in [0.5, 0.6) is 0 Å². The van der Waals surface area contributed by atoms with Gasteiger partial charge in [-0.25, -0.2) is 14.2 Å². The molecule has 8 heteroatoms. The van der Waals surface area contributed by atoms with E-state index in [9.17, 15) is 9.59 Å². The highest BCUT2D eigenvalue weighted by Gasteiger charge is 2.18. The van der Waals surface area contributed by atoms with Gasteiger partial charge in [0, 0.05) is 28.9 Å². The van der Waals surface area contributed by atoms with E-state index in [-0.39, 0.29) is 17.4 Å². The Hall–Kier alpha value is -3.19. The molecule has 1 amide bonds. The Kier molecular flexibility index (Phi) is 4.84. The van der Waals surface area contributed by atoms with E-state index in [0.717, 1.165) is 16.8 Å². The smallest absolute Gasteiger partial charge is 0.273 e. The van der Waals surface area contributed by atoms with Crippen molar-refractivity contribution in [2.45, 2.75) is 27.2 Å². The fourth-order valence-electron chi connectivity index (χ4n) is 3.21. The summed E-state index contributed by atoms with van der Waals surface area (Å²) < 4.78 is 2.87. The molecule has 0 aliphatic heterocycles. The molecule has 0 saturated heterocycles. The number of nitrogens with one attached hydrogen (secondary N) is 1. The topological polar surface area (TPSA) is 81.3 Å². The van der Waals surface area contributed by atoms with Gasteiger partial charge < -0.3 is 0 Å². The molecule has 3 aromatic heterocycles. The number of fused-ring (bicyclic) bond motifs is 3. The second-order valence-electron chi connectivity index (χ2n) is 7.10. The fourth-order valence-corrected chi connectivity index (χ4v) is 3.34. The number of hydrogen-bond acceptors (Lipinski definition) is 4. The van der Waals surface area contributed by atoms with Crippen molar-refractivity contribution >= 4 is 34.1 Å². The summed E-state index contributed by atoms with van der Waals surface area (Å²) in [6.45, 7) is 5.56. The van der Waals surface area contributed by atoms with E-state index in [2.05, 4.69) is 10.4 Å². The molecular formula is C21H20ClN5O2. The molecule has 7 nitrogen and oxygen atoms in total. The standard InChI is InChI=1S/C21H20ClN5O2/c1-4-16-18(13-5-7-14(22)8-6-13)19-23-11-15-17(27(19)24-16)9-10-26(21(15)29)25-20(28)12(2)3/h5-12H,4H2,1-3H3,(H,25,28). The van der Waals surface area contributed by atoms with E-state index in [1.807, 2.05) is 31.2 Å². The molecule has 1 N–H and O–H groups in total. The Bertz CT molecular complexity index is 1290. The molecule has 0 aliphatic carbocycles. The zero-order valence-electron chi connectivity index (χ0n) is 16.3. The van der Waals surface area contributed by atoms with Gasteiger partial charge in [0.1, 0.15) is 0 Å². The molecule has 0 atom stereocenters. The summed E-state index contributed by atoms with van der Waals surface area (Å²) in [7, 11) is 0. The van der Waals surface area contributed by atoms with Crippen LogP contribution in [0.4, 0.5) is 0 Å². The molecule has 0 fully saturated rings. The van der Waals surface area contributed by atoms with Crippen molar-refractivity contribution in [1.29, 1.82) is 0 Å². The first kappa shape index (κ1) is 19.1. The molecule has 4 aromatic rings. The van der Waals surface area contributed by atoms with Gasteiger partial charge in [0.25, 0.3) is 5.56 Å². The van der Waals surface area contributed by atoms with Crippen molar-refractivity contribution in [2.24, 2.45) is 5.92 Å². The first-order chi connectivity index (χ1) is 13.9. The number of aryl methyl sites for hydroxylation is 1. The van der Waals surface area contributed by atoms with Crippen LogP contribution < -0.4 is 11.0 Å². The lowest BCUT2D eigenvalue weighted by Crippen LogP contribution is -2.35. The molecule has 29 heavy (non-hydrogen) atoms. The van der Waals surface area contributed by atoms with E-state index >= 15 is 0 Å². The monoisotopic (exact) mass is 409 g/mol. The highest BCUT2D eigenvalue weighted by Crippen LogP contribution is 2.30. The molecule has 0 bridgehead atoms. The average Bonchev–Trinajstić information content (AvgIpc) is 3.09. The van der Waals surface area contributed by atoms with Crippen molar-refractivity contribution in [3.05, 3.63) is 63.8 Å². The number of halogens is 1. The second-order valence-corrected chi connectivity index (χ2v) is 7.53.